The fourth-order valence-electron chi connectivity index (χ4n) is 4.62. The molecule has 0 saturated carbocycles. The summed E-state index contributed by atoms with van der Waals surface area (Å²) in [5.41, 5.74) is 3.88. The van der Waals surface area contributed by atoms with E-state index in [1.54, 1.807) is 12.1 Å². The molecule has 0 spiro atoms. The fourth-order valence-corrected chi connectivity index (χ4v) is 4.62. The van der Waals surface area contributed by atoms with Gasteiger partial charge in [-0.05, 0) is 60.5 Å². The van der Waals surface area contributed by atoms with Crippen LogP contribution in [0.2, 0.25) is 0 Å². The van der Waals surface area contributed by atoms with Crippen LogP contribution in [0, 0.1) is 0 Å². The SMILES string of the molecule is CCOc1ccccc1-c1cc(C(=O)Oc2ccccc2)c(-c2ccccc2OCC)c2ccccc12. The molecule has 0 bridgehead atoms. The first-order chi connectivity index (χ1) is 18.2. The van der Waals surface area contributed by atoms with Gasteiger partial charge in [0.15, 0.2) is 0 Å². The van der Waals surface area contributed by atoms with Crippen molar-refractivity contribution >= 4 is 16.7 Å². The van der Waals surface area contributed by atoms with E-state index in [2.05, 4.69) is 6.07 Å². The van der Waals surface area contributed by atoms with Gasteiger partial charge in [0.2, 0.25) is 0 Å². The lowest BCUT2D eigenvalue weighted by Crippen LogP contribution is -2.11. The van der Waals surface area contributed by atoms with Crippen molar-refractivity contribution in [2.45, 2.75) is 13.8 Å². The molecule has 0 heterocycles. The summed E-state index contributed by atoms with van der Waals surface area (Å²) < 4.78 is 17.8. The molecule has 0 fully saturated rings. The molecule has 0 aliphatic heterocycles. The Balaban J connectivity index is 1.82. The average molecular weight is 489 g/mol. The van der Waals surface area contributed by atoms with Crippen LogP contribution in [0.15, 0.2) is 109 Å². The molecule has 0 aromatic heterocycles. The number of esters is 1. The maximum absolute atomic E-state index is 13.8. The van der Waals surface area contributed by atoms with Crippen LogP contribution in [0.4, 0.5) is 0 Å². The number of rotatable bonds is 8. The molecule has 5 aromatic rings. The molecule has 0 radical (unpaired) electrons. The number of hydrogen-bond donors (Lipinski definition) is 0. The van der Waals surface area contributed by atoms with Crippen molar-refractivity contribution in [2.75, 3.05) is 13.2 Å². The summed E-state index contributed by atoms with van der Waals surface area (Å²) in [4.78, 5) is 13.8. The summed E-state index contributed by atoms with van der Waals surface area (Å²) in [5, 5.41) is 1.94. The first-order valence-corrected chi connectivity index (χ1v) is 12.5. The van der Waals surface area contributed by atoms with E-state index in [-0.39, 0.29) is 0 Å². The van der Waals surface area contributed by atoms with Crippen LogP contribution in [-0.4, -0.2) is 19.2 Å². The number of fused-ring (bicyclic) bond motifs is 1. The van der Waals surface area contributed by atoms with Gasteiger partial charge in [-0.2, -0.15) is 0 Å². The van der Waals surface area contributed by atoms with Gasteiger partial charge >= 0.3 is 5.97 Å². The number of ether oxygens (including phenoxy) is 3. The number of para-hydroxylation sites is 3. The smallest absolute Gasteiger partial charge is 0.344 e. The van der Waals surface area contributed by atoms with Gasteiger partial charge in [0.1, 0.15) is 17.2 Å². The number of carbonyl (C=O) groups is 1. The van der Waals surface area contributed by atoms with Crippen LogP contribution in [0.25, 0.3) is 33.0 Å². The van der Waals surface area contributed by atoms with E-state index in [9.17, 15) is 4.79 Å². The molecule has 0 amide bonds. The quantitative estimate of drug-likeness (QED) is 0.163. The second kappa shape index (κ2) is 11.0. The molecule has 0 atom stereocenters. The highest BCUT2D eigenvalue weighted by atomic mass is 16.5. The first kappa shape index (κ1) is 24.1. The molecule has 0 unspecified atom stereocenters. The zero-order chi connectivity index (χ0) is 25.6. The zero-order valence-electron chi connectivity index (χ0n) is 20.9. The molecule has 5 aromatic carbocycles. The van der Waals surface area contributed by atoms with Gasteiger partial charge < -0.3 is 14.2 Å². The molecule has 4 nitrogen and oxygen atoms in total. The Hall–Kier alpha value is -4.57. The molecule has 0 N–H and O–H groups in total. The van der Waals surface area contributed by atoms with Gasteiger partial charge in [-0.3, -0.25) is 0 Å². The average Bonchev–Trinajstić information content (AvgIpc) is 2.94. The molecular formula is C33H28O4. The van der Waals surface area contributed by atoms with Crippen molar-refractivity contribution in [3.05, 3.63) is 115 Å². The van der Waals surface area contributed by atoms with Gasteiger partial charge in [-0.1, -0.05) is 78.9 Å². The van der Waals surface area contributed by atoms with E-state index in [0.29, 0.717) is 30.3 Å². The van der Waals surface area contributed by atoms with Gasteiger partial charge in [0, 0.05) is 16.7 Å². The lowest BCUT2D eigenvalue weighted by molar-refractivity contribution is 0.0735. The van der Waals surface area contributed by atoms with E-state index >= 15 is 0 Å². The molecule has 37 heavy (non-hydrogen) atoms. The summed E-state index contributed by atoms with van der Waals surface area (Å²) in [6, 6.07) is 34.9. The van der Waals surface area contributed by atoms with Crippen molar-refractivity contribution in [1.82, 2.24) is 0 Å². The van der Waals surface area contributed by atoms with Gasteiger partial charge in [-0.15, -0.1) is 0 Å². The number of hydrogen-bond acceptors (Lipinski definition) is 4. The van der Waals surface area contributed by atoms with Crippen LogP contribution < -0.4 is 14.2 Å². The maximum atomic E-state index is 13.8. The van der Waals surface area contributed by atoms with Crippen LogP contribution >= 0.6 is 0 Å². The van der Waals surface area contributed by atoms with E-state index in [1.165, 1.54) is 0 Å². The Morgan fingerprint density at radius 1 is 0.595 bits per heavy atom. The van der Waals surface area contributed by atoms with Crippen molar-refractivity contribution in [3.8, 4) is 39.5 Å². The molecule has 5 rings (SSSR count). The molecule has 4 heteroatoms. The minimum atomic E-state index is -0.437. The highest BCUT2D eigenvalue weighted by Gasteiger charge is 2.24. The number of benzene rings is 5. The molecular weight excluding hydrogens is 460 g/mol. The largest absolute Gasteiger partial charge is 0.493 e. The van der Waals surface area contributed by atoms with Gasteiger partial charge in [-0.25, -0.2) is 4.79 Å². The van der Waals surface area contributed by atoms with E-state index in [1.807, 2.05) is 105 Å². The minimum absolute atomic E-state index is 0.437. The normalized spacial score (nSPS) is 10.8. The maximum Gasteiger partial charge on any atom is 0.344 e. The summed E-state index contributed by atoms with van der Waals surface area (Å²) in [7, 11) is 0. The van der Waals surface area contributed by atoms with Gasteiger partial charge in [0.25, 0.3) is 0 Å². The minimum Gasteiger partial charge on any atom is -0.493 e. The van der Waals surface area contributed by atoms with Crippen molar-refractivity contribution < 1.29 is 19.0 Å². The van der Waals surface area contributed by atoms with E-state index < -0.39 is 5.97 Å². The zero-order valence-corrected chi connectivity index (χ0v) is 20.9. The second-order valence-corrected chi connectivity index (χ2v) is 8.45. The van der Waals surface area contributed by atoms with Crippen LogP contribution in [0.5, 0.6) is 17.2 Å². The molecule has 0 aliphatic carbocycles. The summed E-state index contributed by atoms with van der Waals surface area (Å²) in [6.45, 7) is 4.97. The van der Waals surface area contributed by atoms with Crippen molar-refractivity contribution in [2.24, 2.45) is 0 Å². The Labute approximate surface area is 217 Å². The third-order valence-electron chi connectivity index (χ3n) is 6.15. The Kier molecular flexibility index (Phi) is 7.18. The summed E-state index contributed by atoms with van der Waals surface area (Å²) in [5.74, 6) is 1.53. The van der Waals surface area contributed by atoms with Crippen LogP contribution in [-0.2, 0) is 0 Å². The van der Waals surface area contributed by atoms with Gasteiger partial charge in [0.05, 0.1) is 18.8 Å². The standard InChI is InChI=1S/C33H28O4/c1-3-35-30-20-12-10-17-25(30)28-22-29(33(34)37-23-14-6-5-7-15-23)32(26-18-9-8-16-24(26)28)27-19-11-13-21-31(27)36-4-2/h5-22H,3-4H2,1-2H3. The van der Waals surface area contributed by atoms with Crippen molar-refractivity contribution in [3.63, 3.8) is 0 Å². The predicted octanol–water partition coefficient (Wildman–Crippen LogP) is 8.19. The first-order valence-electron chi connectivity index (χ1n) is 12.5. The third kappa shape index (κ3) is 4.91. The lowest BCUT2D eigenvalue weighted by Gasteiger charge is -2.20. The lowest BCUT2D eigenvalue weighted by atomic mass is 9.87. The highest BCUT2D eigenvalue weighted by molar-refractivity contribution is 6.14. The Morgan fingerprint density at radius 2 is 1.14 bits per heavy atom. The topological polar surface area (TPSA) is 44.8 Å². The molecule has 184 valence electrons. The number of carbonyl (C=O) groups excluding carboxylic acids is 1. The van der Waals surface area contributed by atoms with E-state index in [4.69, 9.17) is 14.2 Å². The fraction of sp³-hybridized carbons (Fsp3) is 0.121. The van der Waals surface area contributed by atoms with Crippen molar-refractivity contribution in [1.29, 1.82) is 0 Å². The Bertz CT molecular complexity index is 1540. The summed E-state index contributed by atoms with van der Waals surface area (Å²) in [6.07, 6.45) is 0. The van der Waals surface area contributed by atoms with Crippen LogP contribution in [0.1, 0.15) is 24.2 Å². The van der Waals surface area contributed by atoms with Crippen LogP contribution in [0.3, 0.4) is 0 Å². The third-order valence-corrected chi connectivity index (χ3v) is 6.15. The predicted molar refractivity (Wildman–Crippen MR) is 149 cm³/mol. The molecule has 0 aliphatic rings. The Morgan fingerprint density at radius 3 is 1.81 bits per heavy atom. The highest BCUT2D eigenvalue weighted by Crippen LogP contribution is 2.44. The molecule has 0 saturated heterocycles. The summed E-state index contributed by atoms with van der Waals surface area (Å²) >= 11 is 0. The second-order valence-electron chi connectivity index (χ2n) is 8.45. The monoisotopic (exact) mass is 488 g/mol. The van der Waals surface area contributed by atoms with E-state index in [0.717, 1.165) is 38.8 Å².